The van der Waals surface area contributed by atoms with E-state index in [2.05, 4.69) is 17.3 Å². The molecule has 2 fully saturated rings. The van der Waals surface area contributed by atoms with Gasteiger partial charge in [-0.15, -0.1) is 0 Å². The first kappa shape index (κ1) is 9.97. The SMILES string of the molecule is CN1CCC(NC(=O)C2CCCC2)C1. The van der Waals surface area contributed by atoms with Crippen molar-refractivity contribution in [2.75, 3.05) is 20.1 Å². The lowest BCUT2D eigenvalue weighted by molar-refractivity contribution is -0.125. The average molecular weight is 196 g/mol. The summed E-state index contributed by atoms with van der Waals surface area (Å²) >= 11 is 0. The predicted molar refractivity (Wildman–Crippen MR) is 56.0 cm³/mol. The van der Waals surface area contributed by atoms with Crippen LogP contribution in [0.1, 0.15) is 32.1 Å². The van der Waals surface area contributed by atoms with Crippen LogP contribution in [0.5, 0.6) is 0 Å². The zero-order chi connectivity index (χ0) is 9.97. The summed E-state index contributed by atoms with van der Waals surface area (Å²) in [5.74, 6) is 0.628. The number of likely N-dealkylation sites (N-methyl/N-ethyl adjacent to an activating group) is 1. The van der Waals surface area contributed by atoms with E-state index in [0.717, 1.165) is 32.4 Å². The monoisotopic (exact) mass is 196 g/mol. The average Bonchev–Trinajstić information content (AvgIpc) is 2.75. The third-order valence-electron chi connectivity index (χ3n) is 3.46. The summed E-state index contributed by atoms with van der Waals surface area (Å²) in [6, 6.07) is 0.410. The van der Waals surface area contributed by atoms with Crippen LogP contribution in [0, 0.1) is 5.92 Å². The van der Waals surface area contributed by atoms with Gasteiger partial charge in [0, 0.05) is 18.5 Å². The van der Waals surface area contributed by atoms with Crippen molar-refractivity contribution >= 4 is 5.91 Å². The van der Waals surface area contributed by atoms with Crippen LogP contribution in [0.25, 0.3) is 0 Å². The number of carbonyl (C=O) groups is 1. The molecule has 3 heteroatoms. The molecule has 2 rings (SSSR count). The molecule has 14 heavy (non-hydrogen) atoms. The standard InChI is InChI=1S/C11H20N2O/c1-13-7-6-10(8-13)12-11(14)9-4-2-3-5-9/h9-10H,2-8H2,1H3,(H,12,14). The minimum absolute atomic E-state index is 0.308. The molecule has 0 bridgehead atoms. The minimum atomic E-state index is 0.308. The van der Waals surface area contributed by atoms with Gasteiger partial charge in [0.05, 0.1) is 0 Å². The number of carbonyl (C=O) groups excluding carboxylic acids is 1. The molecule has 80 valence electrons. The van der Waals surface area contributed by atoms with Crippen molar-refractivity contribution in [3.63, 3.8) is 0 Å². The van der Waals surface area contributed by atoms with E-state index in [1.54, 1.807) is 0 Å². The molecule has 1 atom stereocenters. The van der Waals surface area contributed by atoms with Crippen molar-refractivity contribution in [3.05, 3.63) is 0 Å². The maximum atomic E-state index is 11.8. The smallest absolute Gasteiger partial charge is 0.223 e. The van der Waals surface area contributed by atoms with Gasteiger partial charge in [0.2, 0.25) is 5.91 Å². The summed E-state index contributed by atoms with van der Waals surface area (Å²) in [6.45, 7) is 2.15. The van der Waals surface area contributed by atoms with Crippen LogP contribution in [-0.2, 0) is 4.79 Å². The highest BCUT2D eigenvalue weighted by Gasteiger charge is 2.26. The Hall–Kier alpha value is -0.570. The van der Waals surface area contributed by atoms with E-state index in [0.29, 0.717) is 17.9 Å². The predicted octanol–water partition coefficient (Wildman–Crippen LogP) is 0.997. The summed E-state index contributed by atoms with van der Waals surface area (Å²) in [5.41, 5.74) is 0. The largest absolute Gasteiger partial charge is 0.352 e. The van der Waals surface area contributed by atoms with Gasteiger partial charge >= 0.3 is 0 Å². The zero-order valence-corrected chi connectivity index (χ0v) is 8.96. The van der Waals surface area contributed by atoms with E-state index < -0.39 is 0 Å². The van der Waals surface area contributed by atoms with Gasteiger partial charge in [0.15, 0.2) is 0 Å². The van der Waals surface area contributed by atoms with Gasteiger partial charge in [-0.1, -0.05) is 12.8 Å². The third kappa shape index (κ3) is 2.27. The topological polar surface area (TPSA) is 32.3 Å². The van der Waals surface area contributed by atoms with Crippen molar-refractivity contribution in [2.24, 2.45) is 5.92 Å². The first-order valence-corrected chi connectivity index (χ1v) is 5.74. The second-order valence-corrected chi connectivity index (χ2v) is 4.74. The maximum absolute atomic E-state index is 11.8. The Kier molecular flexibility index (Phi) is 3.06. The van der Waals surface area contributed by atoms with Crippen LogP contribution in [-0.4, -0.2) is 37.0 Å². The summed E-state index contributed by atoms with van der Waals surface area (Å²) in [4.78, 5) is 14.1. The van der Waals surface area contributed by atoms with Crippen molar-refractivity contribution in [2.45, 2.75) is 38.1 Å². The van der Waals surface area contributed by atoms with E-state index in [4.69, 9.17) is 0 Å². The van der Waals surface area contributed by atoms with E-state index in [1.807, 2.05) is 0 Å². The second-order valence-electron chi connectivity index (χ2n) is 4.74. The van der Waals surface area contributed by atoms with Gasteiger partial charge in [-0.2, -0.15) is 0 Å². The van der Waals surface area contributed by atoms with Crippen LogP contribution < -0.4 is 5.32 Å². The van der Waals surface area contributed by atoms with E-state index >= 15 is 0 Å². The van der Waals surface area contributed by atoms with E-state index in [1.165, 1.54) is 12.8 Å². The first-order chi connectivity index (χ1) is 6.75. The van der Waals surface area contributed by atoms with Gasteiger partial charge in [-0.25, -0.2) is 0 Å². The number of nitrogens with zero attached hydrogens (tertiary/aromatic N) is 1. The highest BCUT2D eigenvalue weighted by molar-refractivity contribution is 5.79. The lowest BCUT2D eigenvalue weighted by atomic mass is 10.1. The molecule has 3 nitrogen and oxygen atoms in total. The van der Waals surface area contributed by atoms with Crippen LogP contribution in [0.2, 0.25) is 0 Å². The number of hydrogen-bond donors (Lipinski definition) is 1. The molecule has 1 aliphatic carbocycles. The number of amides is 1. The highest BCUT2D eigenvalue weighted by Crippen LogP contribution is 2.25. The van der Waals surface area contributed by atoms with Gasteiger partial charge in [-0.05, 0) is 32.9 Å². The molecule has 0 spiro atoms. The van der Waals surface area contributed by atoms with Gasteiger partial charge in [-0.3, -0.25) is 4.79 Å². The number of hydrogen-bond acceptors (Lipinski definition) is 2. The normalized spacial score (nSPS) is 29.6. The molecule has 1 unspecified atom stereocenters. The molecule has 1 saturated carbocycles. The summed E-state index contributed by atoms with van der Waals surface area (Å²) in [7, 11) is 2.11. The molecule has 1 N–H and O–H groups in total. The molecule has 2 aliphatic rings. The van der Waals surface area contributed by atoms with Crippen molar-refractivity contribution < 1.29 is 4.79 Å². The highest BCUT2D eigenvalue weighted by atomic mass is 16.2. The Morgan fingerprint density at radius 1 is 1.29 bits per heavy atom. The van der Waals surface area contributed by atoms with E-state index in [9.17, 15) is 4.79 Å². The Labute approximate surface area is 85.8 Å². The molecule has 0 aromatic rings. The van der Waals surface area contributed by atoms with Gasteiger partial charge < -0.3 is 10.2 Å². The lowest BCUT2D eigenvalue weighted by Crippen LogP contribution is -2.39. The maximum Gasteiger partial charge on any atom is 0.223 e. The fourth-order valence-electron chi connectivity index (χ4n) is 2.56. The molecule has 0 radical (unpaired) electrons. The van der Waals surface area contributed by atoms with Crippen molar-refractivity contribution in [3.8, 4) is 0 Å². The Morgan fingerprint density at radius 3 is 2.57 bits per heavy atom. The first-order valence-electron chi connectivity index (χ1n) is 5.74. The van der Waals surface area contributed by atoms with Gasteiger partial charge in [0.1, 0.15) is 0 Å². The van der Waals surface area contributed by atoms with Gasteiger partial charge in [0.25, 0.3) is 0 Å². The second kappa shape index (κ2) is 4.30. The quantitative estimate of drug-likeness (QED) is 0.714. The Morgan fingerprint density at radius 2 is 2.00 bits per heavy atom. The molecule has 0 aromatic heterocycles. The summed E-state index contributed by atoms with van der Waals surface area (Å²) in [6.07, 6.45) is 5.81. The minimum Gasteiger partial charge on any atom is -0.352 e. The summed E-state index contributed by atoms with van der Waals surface area (Å²) in [5, 5.41) is 3.17. The molecule has 0 aromatic carbocycles. The third-order valence-corrected chi connectivity index (χ3v) is 3.46. The number of nitrogens with one attached hydrogen (secondary N) is 1. The number of likely N-dealkylation sites (tertiary alicyclic amines) is 1. The summed E-state index contributed by atoms with van der Waals surface area (Å²) < 4.78 is 0. The molecule has 1 aliphatic heterocycles. The fraction of sp³-hybridized carbons (Fsp3) is 0.909. The van der Waals surface area contributed by atoms with E-state index in [-0.39, 0.29) is 0 Å². The Bertz CT molecular complexity index is 211. The molecular weight excluding hydrogens is 176 g/mol. The Balaban J connectivity index is 1.76. The fourth-order valence-corrected chi connectivity index (χ4v) is 2.56. The van der Waals surface area contributed by atoms with Crippen LogP contribution in [0.4, 0.5) is 0 Å². The molecular formula is C11H20N2O. The lowest BCUT2D eigenvalue weighted by Gasteiger charge is -2.15. The molecule has 1 saturated heterocycles. The van der Waals surface area contributed by atoms with Crippen LogP contribution in [0.3, 0.4) is 0 Å². The van der Waals surface area contributed by atoms with Crippen molar-refractivity contribution in [1.82, 2.24) is 10.2 Å². The molecule has 1 heterocycles. The van der Waals surface area contributed by atoms with Crippen LogP contribution >= 0.6 is 0 Å². The molecule has 1 amide bonds. The van der Waals surface area contributed by atoms with Crippen LogP contribution in [0.15, 0.2) is 0 Å². The van der Waals surface area contributed by atoms with Crippen molar-refractivity contribution in [1.29, 1.82) is 0 Å². The zero-order valence-electron chi connectivity index (χ0n) is 8.96. The number of rotatable bonds is 2.